The van der Waals surface area contributed by atoms with Gasteiger partial charge in [0, 0.05) is 13.1 Å². The highest BCUT2D eigenvalue weighted by atomic mass is 16.1. The molecule has 0 saturated heterocycles. The fourth-order valence-corrected chi connectivity index (χ4v) is 1.06. The van der Waals surface area contributed by atoms with E-state index in [0.29, 0.717) is 12.5 Å². The Morgan fingerprint density at radius 3 is 3.00 bits per heavy atom. The van der Waals surface area contributed by atoms with Crippen molar-refractivity contribution in [2.75, 3.05) is 26.2 Å². The van der Waals surface area contributed by atoms with Crippen LogP contribution < -0.4 is 16.0 Å². The van der Waals surface area contributed by atoms with E-state index < -0.39 is 0 Å². The molecule has 0 aliphatic carbocycles. The van der Waals surface area contributed by atoms with Crippen molar-refractivity contribution < 1.29 is 4.79 Å². The summed E-state index contributed by atoms with van der Waals surface area (Å²) < 4.78 is 0. The van der Waals surface area contributed by atoms with Crippen LogP contribution in [0.4, 0.5) is 0 Å². The third kappa shape index (κ3) is 4.11. The second-order valence-electron chi connectivity index (χ2n) is 3.71. The summed E-state index contributed by atoms with van der Waals surface area (Å²) in [6.45, 7) is 6.79. The minimum atomic E-state index is 0.00935. The molecule has 14 heavy (non-hydrogen) atoms. The number of carbonyl (C=O) groups excluding carboxylic acids is 1. The summed E-state index contributed by atoms with van der Waals surface area (Å²) in [4.78, 5) is 15.4. The van der Waals surface area contributed by atoms with Gasteiger partial charge in [-0.1, -0.05) is 13.8 Å². The van der Waals surface area contributed by atoms with E-state index in [2.05, 4.69) is 34.8 Å². The van der Waals surface area contributed by atoms with Gasteiger partial charge >= 0.3 is 0 Å². The second kappa shape index (κ2) is 5.47. The van der Waals surface area contributed by atoms with Crippen LogP contribution in [0.5, 0.6) is 0 Å². The van der Waals surface area contributed by atoms with Crippen molar-refractivity contribution in [3.05, 3.63) is 0 Å². The number of aliphatic imine (C=N–C) groups is 1. The van der Waals surface area contributed by atoms with Crippen molar-refractivity contribution in [2.45, 2.75) is 13.8 Å². The van der Waals surface area contributed by atoms with Crippen LogP contribution in [0.3, 0.4) is 0 Å². The molecule has 5 heteroatoms. The van der Waals surface area contributed by atoms with Crippen molar-refractivity contribution in [2.24, 2.45) is 10.9 Å². The smallest absolute Gasteiger partial charge is 0.239 e. The zero-order valence-electron chi connectivity index (χ0n) is 8.76. The Kier molecular flexibility index (Phi) is 4.22. The third-order valence-corrected chi connectivity index (χ3v) is 1.80. The van der Waals surface area contributed by atoms with Crippen molar-refractivity contribution in [3.8, 4) is 0 Å². The van der Waals surface area contributed by atoms with Crippen LogP contribution in [0.15, 0.2) is 4.99 Å². The molecule has 80 valence electrons. The van der Waals surface area contributed by atoms with Gasteiger partial charge in [0.1, 0.15) is 0 Å². The zero-order valence-corrected chi connectivity index (χ0v) is 8.76. The maximum Gasteiger partial charge on any atom is 0.239 e. The van der Waals surface area contributed by atoms with Crippen molar-refractivity contribution in [1.29, 1.82) is 0 Å². The number of nitrogens with zero attached hydrogens (tertiary/aromatic N) is 1. The molecule has 0 spiro atoms. The molecule has 0 fully saturated rings. The highest BCUT2D eigenvalue weighted by molar-refractivity contribution is 5.87. The van der Waals surface area contributed by atoms with Gasteiger partial charge in [-0.3, -0.25) is 9.79 Å². The Hall–Kier alpha value is -1.26. The molecule has 0 bridgehead atoms. The summed E-state index contributed by atoms with van der Waals surface area (Å²) in [6.07, 6.45) is 0. The summed E-state index contributed by atoms with van der Waals surface area (Å²) in [5.41, 5.74) is 0. The monoisotopic (exact) mass is 198 g/mol. The number of guanidine groups is 1. The lowest BCUT2D eigenvalue weighted by atomic mass is 10.2. The van der Waals surface area contributed by atoms with Crippen molar-refractivity contribution >= 4 is 11.9 Å². The molecule has 1 aliphatic rings. The number of nitrogens with one attached hydrogen (secondary N) is 3. The first-order valence-corrected chi connectivity index (χ1v) is 4.97. The van der Waals surface area contributed by atoms with Crippen molar-refractivity contribution in [3.63, 3.8) is 0 Å². The predicted octanol–water partition coefficient (Wildman–Crippen LogP) is -0.693. The number of amides is 1. The largest absolute Gasteiger partial charge is 0.355 e. The summed E-state index contributed by atoms with van der Waals surface area (Å²) >= 11 is 0. The Morgan fingerprint density at radius 2 is 2.43 bits per heavy atom. The summed E-state index contributed by atoms with van der Waals surface area (Å²) in [5.74, 6) is 1.22. The van der Waals surface area contributed by atoms with Gasteiger partial charge in [-0.25, -0.2) is 0 Å². The molecule has 0 aromatic rings. The first kappa shape index (κ1) is 10.8. The third-order valence-electron chi connectivity index (χ3n) is 1.80. The molecule has 0 radical (unpaired) electrons. The van der Waals surface area contributed by atoms with E-state index in [4.69, 9.17) is 0 Å². The number of hydrogen-bond donors (Lipinski definition) is 3. The SMILES string of the molecule is CC(C)CNC(=O)CNC1=NCCN1. The second-order valence-corrected chi connectivity index (χ2v) is 3.71. The fourth-order valence-electron chi connectivity index (χ4n) is 1.06. The van der Waals surface area contributed by atoms with Crippen LogP contribution in [0.25, 0.3) is 0 Å². The quantitative estimate of drug-likeness (QED) is 0.560. The van der Waals surface area contributed by atoms with Crippen LogP contribution in [0, 0.1) is 5.92 Å². The highest BCUT2D eigenvalue weighted by Crippen LogP contribution is 1.86. The van der Waals surface area contributed by atoms with Crippen LogP contribution >= 0.6 is 0 Å². The summed E-state index contributed by atoms with van der Waals surface area (Å²) in [5, 5.41) is 8.79. The number of rotatable bonds is 4. The average molecular weight is 198 g/mol. The number of hydrogen-bond acceptors (Lipinski definition) is 4. The van der Waals surface area contributed by atoms with E-state index in [9.17, 15) is 4.79 Å². The van der Waals surface area contributed by atoms with Gasteiger partial charge in [0.15, 0.2) is 5.96 Å². The Labute approximate surface area is 84.4 Å². The van der Waals surface area contributed by atoms with E-state index >= 15 is 0 Å². The predicted molar refractivity (Wildman–Crippen MR) is 56.2 cm³/mol. The lowest BCUT2D eigenvalue weighted by Crippen LogP contribution is -2.41. The molecule has 1 rings (SSSR count). The van der Waals surface area contributed by atoms with Gasteiger partial charge in [0.05, 0.1) is 13.1 Å². The molecule has 3 N–H and O–H groups in total. The van der Waals surface area contributed by atoms with E-state index in [1.165, 1.54) is 0 Å². The molecule has 0 saturated carbocycles. The van der Waals surface area contributed by atoms with Gasteiger partial charge < -0.3 is 16.0 Å². The molecule has 0 aromatic heterocycles. The van der Waals surface area contributed by atoms with E-state index in [1.54, 1.807) is 0 Å². The van der Waals surface area contributed by atoms with Gasteiger partial charge in [-0.15, -0.1) is 0 Å². The van der Waals surface area contributed by atoms with Gasteiger partial charge in [0.2, 0.25) is 5.91 Å². The van der Waals surface area contributed by atoms with Crippen LogP contribution in [-0.4, -0.2) is 38.0 Å². The molecule has 5 nitrogen and oxygen atoms in total. The first-order chi connectivity index (χ1) is 6.68. The minimum Gasteiger partial charge on any atom is -0.355 e. The lowest BCUT2D eigenvalue weighted by molar-refractivity contribution is -0.120. The van der Waals surface area contributed by atoms with Crippen molar-refractivity contribution in [1.82, 2.24) is 16.0 Å². The topological polar surface area (TPSA) is 65.5 Å². The molecular weight excluding hydrogens is 180 g/mol. The normalized spacial score (nSPS) is 14.9. The molecule has 0 aromatic carbocycles. The minimum absolute atomic E-state index is 0.00935. The molecular formula is C9H18N4O. The molecule has 1 amide bonds. The molecule has 1 heterocycles. The van der Waals surface area contributed by atoms with Crippen LogP contribution in [-0.2, 0) is 4.79 Å². The van der Waals surface area contributed by atoms with Gasteiger partial charge in [-0.05, 0) is 5.92 Å². The number of carbonyl (C=O) groups is 1. The summed E-state index contributed by atoms with van der Waals surface area (Å²) in [7, 11) is 0. The first-order valence-electron chi connectivity index (χ1n) is 4.97. The Balaban J connectivity index is 2.08. The zero-order chi connectivity index (χ0) is 10.4. The molecule has 0 atom stereocenters. The maximum absolute atomic E-state index is 11.2. The van der Waals surface area contributed by atoms with Crippen LogP contribution in [0.1, 0.15) is 13.8 Å². The average Bonchev–Trinajstić information content (AvgIpc) is 2.63. The van der Waals surface area contributed by atoms with Gasteiger partial charge in [-0.2, -0.15) is 0 Å². The highest BCUT2D eigenvalue weighted by Gasteiger charge is 2.06. The van der Waals surface area contributed by atoms with E-state index in [-0.39, 0.29) is 5.91 Å². The lowest BCUT2D eigenvalue weighted by Gasteiger charge is -2.09. The van der Waals surface area contributed by atoms with Crippen LogP contribution in [0.2, 0.25) is 0 Å². The Morgan fingerprint density at radius 1 is 1.64 bits per heavy atom. The molecule has 1 aliphatic heterocycles. The summed E-state index contributed by atoms with van der Waals surface area (Å²) in [6, 6.07) is 0. The van der Waals surface area contributed by atoms with E-state index in [1.807, 2.05) is 0 Å². The Bertz CT molecular complexity index is 225. The van der Waals surface area contributed by atoms with E-state index in [0.717, 1.165) is 25.6 Å². The van der Waals surface area contributed by atoms with Gasteiger partial charge in [0.25, 0.3) is 0 Å². The standard InChI is InChI=1S/C9H18N4O/c1-7(2)5-12-8(14)6-13-9-10-3-4-11-9/h7H,3-6H2,1-2H3,(H,12,14)(H2,10,11,13). The molecule has 0 unspecified atom stereocenters. The fraction of sp³-hybridized carbons (Fsp3) is 0.778. The maximum atomic E-state index is 11.2.